The average Bonchev–Trinajstić information content (AvgIpc) is 3.18. The van der Waals surface area contributed by atoms with Gasteiger partial charge in [-0.2, -0.15) is 5.10 Å². The van der Waals surface area contributed by atoms with Crippen LogP contribution in [0.25, 0.3) is 16.7 Å². The molecule has 0 bridgehead atoms. The number of pyridine rings is 1. The van der Waals surface area contributed by atoms with Crippen molar-refractivity contribution in [3.05, 3.63) is 63.3 Å². The van der Waals surface area contributed by atoms with Crippen molar-refractivity contribution in [1.29, 1.82) is 0 Å². The standard InChI is InChI=1S/C18H14BrN5OS/c1-10-8-13(17(25)22-18-20-9-14(19)26-18)15-11(2)23-24(16(15)21-10)12-6-4-3-5-7-12/h3-9H,1-2H3,(H,20,22,25). The summed E-state index contributed by atoms with van der Waals surface area (Å²) in [6, 6.07) is 11.5. The number of para-hydroxylation sites is 1. The lowest BCUT2D eigenvalue weighted by molar-refractivity contribution is 0.102. The molecule has 0 aliphatic heterocycles. The second kappa shape index (κ2) is 6.62. The molecule has 4 aromatic rings. The van der Waals surface area contributed by atoms with E-state index in [9.17, 15) is 4.79 Å². The molecule has 4 rings (SSSR count). The Morgan fingerprint density at radius 3 is 2.69 bits per heavy atom. The third-order valence-corrected chi connectivity index (χ3v) is 5.28. The van der Waals surface area contributed by atoms with E-state index >= 15 is 0 Å². The molecule has 0 saturated heterocycles. The molecule has 1 amide bonds. The molecule has 0 spiro atoms. The van der Waals surface area contributed by atoms with Crippen LogP contribution in [0.5, 0.6) is 0 Å². The Bertz CT molecular complexity index is 1120. The Kier molecular flexibility index (Phi) is 4.29. The van der Waals surface area contributed by atoms with E-state index in [1.54, 1.807) is 16.9 Å². The summed E-state index contributed by atoms with van der Waals surface area (Å²) in [6.07, 6.45) is 1.66. The largest absolute Gasteiger partial charge is 0.298 e. The normalized spacial score (nSPS) is 11.0. The first-order valence-corrected chi connectivity index (χ1v) is 9.49. The number of hydrogen-bond donors (Lipinski definition) is 1. The summed E-state index contributed by atoms with van der Waals surface area (Å²) in [5.74, 6) is -0.224. The number of carbonyl (C=O) groups excluding carboxylic acids is 1. The zero-order chi connectivity index (χ0) is 18.3. The lowest BCUT2D eigenvalue weighted by atomic mass is 10.1. The van der Waals surface area contributed by atoms with Crippen molar-refractivity contribution in [3.63, 3.8) is 0 Å². The van der Waals surface area contributed by atoms with E-state index < -0.39 is 0 Å². The molecule has 1 N–H and O–H groups in total. The quantitative estimate of drug-likeness (QED) is 0.521. The van der Waals surface area contributed by atoms with Crippen molar-refractivity contribution in [3.8, 4) is 5.69 Å². The fraction of sp³-hybridized carbons (Fsp3) is 0.111. The molecule has 1 aromatic carbocycles. The van der Waals surface area contributed by atoms with Gasteiger partial charge in [-0.05, 0) is 48.0 Å². The predicted molar refractivity (Wildman–Crippen MR) is 106 cm³/mol. The SMILES string of the molecule is Cc1cc(C(=O)Nc2ncc(Br)s2)c2c(C)nn(-c3ccccc3)c2n1. The zero-order valence-corrected chi connectivity index (χ0v) is 16.4. The first-order chi connectivity index (χ1) is 12.5. The average molecular weight is 428 g/mol. The topological polar surface area (TPSA) is 72.7 Å². The molecule has 26 heavy (non-hydrogen) atoms. The van der Waals surface area contributed by atoms with Gasteiger partial charge in [0.1, 0.15) is 0 Å². The number of anilines is 1. The van der Waals surface area contributed by atoms with Crippen LogP contribution in [0, 0.1) is 13.8 Å². The molecular weight excluding hydrogens is 414 g/mol. The number of carbonyl (C=O) groups is 1. The molecule has 130 valence electrons. The lowest BCUT2D eigenvalue weighted by Gasteiger charge is -2.07. The number of hydrogen-bond acceptors (Lipinski definition) is 5. The highest BCUT2D eigenvalue weighted by Gasteiger charge is 2.20. The molecule has 8 heteroatoms. The molecule has 0 aliphatic carbocycles. The minimum atomic E-state index is -0.224. The highest BCUT2D eigenvalue weighted by Crippen LogP contribution is 2.27. The molecule has 3 heterocycles. The third kappa shape index (κ3) is 3.02. The number of halogens is 1. The maximum atomic E-state index is 12.9. The molecule has 0 atom stereocenters. The van der Waals surface area contributed by atoms with Gasteiger partial charge in [-0.3, -0.25) is 10.1 Å². The lowest BCUT2D eigenvalue weighted by Crippen LogP contribution is -2.13. The maximum Gasteiger partial charge on any atom is 0.258 e. The van der Waals surface area contributed by atoms with E-state index in [-0.39, 0.29) is 5.91 Å². The number of nitrogens with zero attached hydrogens (tertiary/aromatic N) is 4. The number of fused-ring (bicyclic) bond motifs is 1. The first kappa shape index (κ1) is 16.9. The fourth-order valence-corrected chi connectivity index (χ4v) is 3.92. The first-order valence-electron chi connectivity index (χ1n) is 7.88. The van der Waals surface area contributed by atoms with Crippen molar-refractivity contribution in [2.75, 3.05) is 5.32 Å². The van der Waals surface area contributed by atoms with Gasteiger partial charge in [-0.25, -0.2) is 14.6 Å². The van der Waals surface area contributed by atoms with Crippen LogP contribution >= 0.6 is 27.3 Å². The van der Waals surface area contributed by atoms with Gasteiger partial charge >= 0.3 is 0 Å². The summed E-state index contributed by atoms with van der Waals surface area (Å²) in [6.45, 7) is 3.75. The van der Waals surface area contributed by atoms with Crippen LogP contribution in [0.15, 0.2) is 46.4 Å². The Balaban J connectivity index is 1.85. The highest BCUT2D eigenvalue weighted by atomic mass is 79.9. The van der Waals surface area contributed by atoms with Crippen molar-refractivity contribution in [1.82, 2.24) is 19.7 Å². The molecule has 0 radical (unpaired) electrons. The molecular formula is C18H14BrN5OS. The molecule has 3 aromatic heterocycles. The van der Waals surface area contributed by atoms with Gasteiger partial charge in [-0.15, -0.1) is 0 Å². The van der Waals surface area contributed by atoms with Gasteiger partial charge in [-0.1, -0.05) is 29.5 Å². The Labute approximate surface area is 162 Å². The van der Waals surface area contributed by atoms with E-state index in [1.165, 1.54) is 11.3 Å². The number of benzene rings is 1. The summed E-state index contributed by atoms with van der Waals surface area (Å²) >= 11 is 4.72. The van der Waals surface area contributed by atoms with E-state index in [2.05, 4.69) is 36.3 Å². The molecule has 6 nitrogen and oxygen atoms in total. The molecule has 0 saturated carbocycles. The summed E-state index contributed by atoms with van der Waals surface area (Å²) in [5.41, 5.74) is 3.61. The minimum Gasteiger partial charge on any atom is -0.298 e. The second-order valence-electron chi connectivity index (χ2n) is 5.77. The zero-order valence-electron chi connectivity index (χ0n) is 14.0. The van der Waals surface area contributed by atoms with E-state index in [4.69, 9.17) is 0 Å². The van der Waals surface area contributed by atoms with Crippen molar-refractivity contribution in [2.24, 2.45) is 0 Å². The van der Waals surface area contributed by atoms with Gasteiger partial charge in [0.2, 0.25) is 0 Å². The van der Waals surface area contributed by atoms with Crippen LogP contribution in [-0.2, 0) is 0 Å². The molecule has 0 unspecified atom stereocenters. The fourth-order valence-electron chi connectivity index (χ4n) is 2.82. The summed E-state index contributed by atoms with van der Waals surface area (Å²) in [7, 11) is 0. The third-order valence-electron chi connectivity index (χ3n) is 3.88. The maximum absolute atomic E-state index is 12.9. The van der Waals surface area contributed by atoms with Gasteiger partial charge in [0.05, 0.1) is 32.3 Å². The highest BCUT2D eigenvalue weighted by molar-refractivity contribution is 9.11. The Hall–Kier alpha value is -2.58. The number of nitrogens with one attached hydrogen (secondary N) is 1. The van der Waals surface area contributed by atoms with Gasteiger partial charge in [0.15, 0.2) is 10.8 Å². The number of amides is 1. The molecule has 0 fully saturated rings. The number of aromatic nitrogens is 4. The summed E-state index contributed by atoms with van der Waals surface area (Å²) in [5, 5.41) is 8.74. The summed E-state index contributed by atoms with van der Waals surface area (Å²) < 4.78 is 2.63. The van der Waals surface area contributed by atoms with E-state index in [1.807, 2.05) is 44.2 Å². The molecule has 0 aliphatic rings. The van der Waals surface area contributed by atoms with Crippen LogP contribution in [0.4, 0.5) is 5.13 Å². The van der Waals surface area contributed by atoms with E-state index in [0.717, 1.165) is 26.2 Å². The second-order valence-corrected chi connectivity index (χ2v) is 8.18. The Morgan fingerprint density at radius 1 is 1.23 bits per heavy atom. The van der Waals surface area contributed by atoms with Crippen LogP contribution in [-0.4, -0.2) is 25.7 Å². The predicted octanol–water partition coefficient (Wildman–Crippen LogP) is 4.51. The van der Waals surface area contributed by atoms with Crippen LogP contribution in [0.1, 0.15) is 21.7 Å². The van der Waals surface area contributed by atoms with Crippen LogP contribution in [0.2, 0.25) is 0 Å². The van der Waals surface area contributed by atoms with Crippen LogP contribution in [0.3, 0.4) is 0 Å². The smallest absolute Gasteiger partial charge is 0.258 e. The van der Waals surface area contributed by atoms with Gasteiger partial charge in [0, 0.05) is 5.69 Å². The number of rotatable bonds is 3. The Morgan fingerprint density at radius 2 is 2.00 bits per heavy atom. The number of thiazole rings is 1. The van der Waals surface area contributed by atoms with Crippen molar-refractivity contribution < 1.29 is 4.79 Å². The van der Waals surface area contributed by atoms with Gasteiger partial charge in [0.25, 0.3) is 5.91 Å². The van der Waals surface area contributed by atoms with Crippen LogP contribution < -0.4 is 5.32 Å². The minimum absolute atomic E-state index is 0.224. The summed E-state index contributed by atoms with van der Waals surface area (Å²) in [4.78, 5) is 21.7. The number of aryl methyl sites for hydroxylation is 2. The van der Waals surface area contributed by atoms with Crippen molar-refractivity contribution >= 4 is 49.3 Å². The monoisotopic (exact) mass is 427 g/mol. The van der Waals surface area contributed by atoms with Gasteiger partial charge < -0.3 is 0 Å². The van der Waals surface area contributed by atoms with Crippen molar-refractivity contribution in [2.45, 2.75) is 13.8 Å². The van der Waals surface area contributed by atoms with E-state index in [0.29, 0.717) is 16.3 Å².